The molecule has 0 radical (unpaired) electrons. The van der Waals surface area contributed by atoms with Crippen molar-refractivity contribution in [2.45, 2.75) is 64.1 Å². The maximum absolute atomic E-state index is 13.1. The standard InChI is InChI=1S/C23H29NO2/c1-22(2,3)26-21(25)24-20(18-14-10-7-11-15-18)19(16-23(24,4)5)17-12-8-6-9-13-17/h6-15,19-20H,16H2,1-5H3. The van der Waals surface area contributed by atoms with Crippen LogP contribution in [0.25, 0.3) is 0 Å². The summed E-state index contributed by atoms with van der Waals surface area (Å²) < 4.78 is 5.78. The molecular formula is C23H29NO2. The first kappa shape index (κ1) is 18.5. The summed E-state index contributed by atoms with van der Waals surface area (Å²) in [5.74, 6) is 0.237. The molecule has 2 atom stereocenters. The van der Waals surface area contributed by atoms with Crippen LogP contribution in [0.1, 0.15) is 64.1 Å². The Hall–Kier alpha value is -2.29. The van der Waals surface area contributed by atoms with Gasteiger partial charge in [-0.3, -0.25) is 4.90 Å². The van der Waals surface area contributed by atoms with Gasteiger partial charge in [0.2, 0.25) is 0 Å². The van der Waals surface area contributed by atoms with Gasteiger partial charge in [0.25, 0.3) is 0 Å². The number of carbonyl (C=O) groups excluding carboxylic acids is 1. The summed E-state index contributed by atoms with van der Waals surface area (Å²) in [7, 11) is 0. The Kier molecular flexibility index (Phi) is 4.83. The second-order valence-corrected chi connectivity index (χ2v) is 8.74. The number of nitrogens with zero attached hydrogens (tertiary/aromatic N) is 1. The van der Waals surface area contributed by atoms with Crippen LogP contribution in [0, 0.1) is 0 Å². The van der Waals surface area contributed by atoms with Gasteiger partial charge in [0.05, 0.1) is 6.04 Å². The average molecular weight is 351 g/mol. The molecule has 0 N–H and O–H groups in total. The zero-order valence-electron chi connectivity index (χ0n) is 16.4. The van der Waals surface area contributed by atoms with Gasteiger partial charge in [0.15, 0.2) is 0 Å². The summed E-state index contributed by atoms with van der Waals surface area (Å²) in [6.45, 7) is 10.0. The first-order chi connectivity index (χ1) is 12.2. The molecule has 26 heavy (non-hydrogen) atoms. The highest BCUT2D eigenvalue weighted by atomic mass is 16.6. The van der Waals surface area contributed by atoms with Crippen molar-refractivity contribution in [3.8, 4) is 0 Å². The van der Waals surface area contributed by atoms with Gasteiger partial charge in [-0.05, 0) is 52.2 Å². The molecule has 2 aromatic rings. The molecule has 2 unspecified atom stereocenters. The molecule has 1 amide bonds. The van der Waals surface area contributed by atoms with E-state index in [-0.39, 0.29) is 23.6 Å². The lowest BCUT2D eigenvalue weighted by atomic mass is 9.85. The minimum atomic E-state index is -0.515. The fourth-order valence-corrected chi connectivity index (χ4v) is 4.01. The minimum Gasteiger partial charge on any atom is -0.444 e. The monoisotopic (exact) mass is 351 g/mol. The van der Waals surface area contributed by atoms with Crippen LogP contribution in [0.2, 0.25) is 0 Å². The summed E-state index contributed by atoms with van der Waals surface area (Å²) in [5.41, 5.74) is 1.61. The Balaban J connectivity index is 2.06. The first-order valence-electron chi connectivity index (χ1n) is 9.31. The Labute approximate surface area is 157 Å². The van der Waals surface area contributed by atoms with E-state index in [4.69, 9.17) is 4.74 Å². The summed E-state index contributed by atoms with van der Waals surface area (Å²) in [6.07, 6.45) is 0.658. The maximum atomic E-state index is 13.1. The number of ether oxygens (including phenoxy) is 1. The van der Waals surface area contributed by atoms with Gasteiger partial charge in [-0.1, -0.05) is 60.7 Å². The van der Waals surface area contributed by atoms with Gasteiger partial charge < -0.3 is 4.74 Å². The number of likely N-dealkylation sites (tertiary alicyclic amines) is 1. The Morgan fingerprint density at radius 1 is 0.962 bits per heavy atom. The number of amides is 1. The molecule has 3 rings (SSSR count). The van der Waals surface area contributed by atoms with Gasteiger partial charge in [-0.2, -0.15) is 0 Å². The second kappa shape index (κ2) is 6.79. The molecule has 1 aliphatic rings. The van der Waals surface area contributed by atoms with Crippen molar-refractivity contribution in [2.24, 2.45) is 0 Å². The third-order valence-corrected chi connectivity index (χ3v) is 4.99. The number of benzene rings is 2. The maximum Gasteiger partial charge on any atom is 0.411 e. The highest BCUT2D eigenvalue weighted by Crippen LogP contribution is 2.51. The molecule has 1 saturated heterocycles. The zero-order chi connectivity index (χ0) is 18.9. The third-order valence-electron chi connectivity index (χ3n) is 4.99. The molecule has 0 aliphatic carbocycles. The van der Waals surface area contributed by atoms with Crippen molar-refractivity contribution >= 4 is 6.09 Å². The van der Waals surface area contributed by atoms with Crippen LogP contribution >= 0.6 is 0 Å². The number of hydrogen-bond donors (Lipinski definition) is 0. The molecule has 1 fully saturated rings. The largest absolute Gasteiger partial charge is 0.444 e. The van der Waals surface area contributed by atoms with Crippen molar-refractivity contribution in [2.75, 3.05) is 0 Å². The van der Waals surface area contributed by atoms with Crippen LogP contribution in [-0.4, -0.2) is 22.1 Å². The van der Waals surface area contributed by atoms with E-state index >= 15 is 0 Å². The molecule has 1 heterocycles. The Bertz CT molecular complexity index is 747. The van der Waals surface area contributed by atoms with Crippen LogP contribution in [0.3, 0.4) is 0 Å². The highest BCUT2D eigenvalue weighted by Gasteiger charge is 2.50. The van der Waals surface area contributed by atoms with Gasteiger partial charge in [0, 0.05) is 11.5 Å². The second-order valence-electron chi connectivity index (χ2n) is 8.74. The van der Waals surface area contributed by atoms with E-state index in [1.807, 2.05) is 49.9 Å². The van der Waals surface area contributed by atoms with E-state index in [0.717, 1.165) is 12.0 Å². The highest BCUT2D eigenvalue weighted by molar-refractivity contribution is 5.71. The molecule has 1 aliphatic heterocycles. The normalized spacial score (nSPS) is 22.3. The van der Waals surface area contributed by atoms with Gasteiger partial charge in [-0.25, -0.2) is 4.79 Å². The van der Waals surface area contributed by atoms with Gasteiger partial charge in [0.1, 0.15) is 5.60 Å². The van der Waals surface area contributed by atoms with E-state index in [0.29, 0.717) is 0 Å². The predicted octanol–water partition coefficient (Wildman–Crippen LogP) is 5.93. The van der Waals surface area contributed by atoms with E-state index in [1.165, 1.54) is 5.56 Å². The number of rotatable bonds is 2. The lowest BCUT2D eigenvalue weighted by Gasteiger charge is -2.37. The van der Waals surface area contributed by atoms with Crippen molar-refractivity contribution in [3.63, 3.8) is 0 Å². The van der Waals surface area contributed by atoms with Gasteiger partial charge >= 0.3 is 6.09 Å². The van der Waals surface area contributed by atoms with Crippen molar-refractivity contribution in [1.29, 1.82) is 0 Å². The fraction of sp³-hybridized carbons (Fsp3) is 0.435. The zero-order valence-corrected chi connectivity index (χ0v) is 16.4. The molecule has 0 spiro atoms. The van der Waals surface area contributed by atoms with Crippen LogP contribution in [0.15, 0.2) is 60.7 Å². The fourth-order valence-electron chi connectivity index (χ4n) is 4.01. The van der Waals surface area contributed by atoms with E-state index in [9.17, 15) is 4.79 Å². The Morgan fingerprint density at radius 3 is 1.96 bits per heavy atom. The van der Waals surface area contributed by atoms with Crippen LogP contribution in [0.5, 0.6) is 0 Å². The summed E-state index contributed by atoms with van der Waals surface area (Å²) in [5, 5.41) is 0. The lowest BCUT2D eigenvalue weighted by Crippen LogP contribution is -2.46. The predicted molar refractivity (Wildman–Crippen MR) is 105 cm³/mol. The quantitative estimate of drug-likeness (QED) is 0.671. The van der Waals surface area contributed by atoms with Crippen molar-refractivity contribution in [3.05, 3.63) is 71.8 Å². The summed E-state index contributed by atoms with van der Waals surface area (Å²) in [6, 6.07) is 20.8. The minimum absolute atomic E-state index is 0.0385. The first-order valence-corrected chi connectivity index (χ1v) is 9.31. The molecule has 0 aromatic heterocycles. The molecule has 2 aromatic carbocycles. The molecule has 0 bridgehead atoms. The van der Waals surface area contributed by atoms with E-state index in [1.54, 1.807) is 0 Å². The third kappa shape index (κ3) is 3.77. The summed E-state index contributed by atoms with van der Waals surface area (Å²) in [4.78, 5) is 15.1. The SMILES string of the molecule is CC(C)(C)OC(=O)N1C(c2ccccc2)C(c2ccccc2)CC1(C)C. The number of carbonyl (C=O) groups is 1. The van der Waals surface area contributed by atoms with E-state index < -0.39 is 5.60 Å². The molecule has 3 heteroatoms. The van der Waals surface area contributed by atoms with Gasteiger partial charge in [-0.15, -0.1) is 0 Å². The van der Waals surface area contributed by atoms with E-state index in [2.05, 4.69) is 50.2 Å². The van der Waals surface area contributed by atoms with Crippen LogP contribution < -0.4 is 0 Å². The Morgan fingerprint density at radius 2 is 1.46 bits per heavy atom. The lowest BCUT2D eigenvalue weighted by molar-refractivity contribution is 0.00303. The topological polar surface area (TPSA) is 29.5 Å². The molecule has 3 nitrogen and oxygen atoms in total. The molecular weight excluding hydrogens is 322 g/mol. The van der Waals surface area contributed by atoms with Crippen LogP contribution in [0.4, 0.5) is 4.79 Å². The number of hydrogen-bond acceptors (Lipinski definition) is 2. The van der Waals surface area contributed by atoms with Crippen molar-refractivity contribution in [1.82, 2.24) is 4.90 Å². The average Bonchev–Trinajstić information content (AvgIpc) is 2.86. The van der Waals surface area contributed by atoms with Crippen molar-refractivity contribution < 1.29 is 9.53 Å². The molecule has 138 valence electrons. The summed E-state index contributed by atoms with van der Waals surface area (Å²) >= 11 is 0. The smallest absolute Gasteiger partial charge is 0.411 e. The molecule has 0 saturated carbocycles. The van der Waals surface area contributed by atoms with Crippen LogP contribution in [-0.2, 0) is 4.74 Å².